The first kappa shape index (κ1) is 14.5. The van der Waals surface area contributed by atoms with Crippen LogP contribution in [0, 0.1) is 0 Å². The van der Waals surface area contributed by atoms with Crippen LogP contribution in [0.1, 0.15) is 56.7 Å². The SMILES string of the molecule is CCc1ccc(C(C)NCCOC2CCCC2)cc1. The van der Waals surface area contributed by atoms with Gasteiger partial charge in [0.25, 0.3) is 0 Å². The van der Waals surface area contributed by atoms with Gasteiger partial charge in [-0.05, 0) is 37.3 Å². The van der Waals surface area contributed by atoms with Crippen LogP contribution in [0.15, 0.2) is 24.3 Å². The first-order valence-electron chi connectivity index (χ1n) is 7.73. The number of hydrogen-bond acceptors (Lipinski definition) is 2. The molecule has 1 saturated carbocycles. The van der Waals surface area contributed by atoms with Gasteiger partial charge in [0.1, 0.15) is 0 Å². The molecular weight excluding hydrogens is 234 g/mol. The van der Waals surface area contributed by atoms with Crippen molar-refractivity contribution < 1.29 is 4.74 Å². The molecule has 2 rings (SSSR count). The second-order valence-corrected chi connectivity index (χ2v) is 5.55. The van der Waals surface area contributed by atoms with Crippen molar-refractivity contribution in [1.29, 1.82) is 0 Å². The van der Waals surface area contributed by atoms with Gasteiger partial charge in [0.2, 0.25) is 0 Å². The van der Waals surface area contributed by atoms with Crippen molar-refractivity contribution in [3.63, 3.8) is 0 Å². The van der Waals surface area contributed by atoms with Gasteiger partial charge in [-0.25, -0.2) is 0 Å². The second kappa shape index (κ2) is 7.66. The molecule has 0 amide bonds. The molecule has 19 heavy (non-hydrogen) atoms. The Morgan fingerprint density at radius 2 is 1.89 bits per heavy atom. The maximum atomic E-state index is 5.86. The van der Waals surface area contributed by atoms with Gasteiger partial charge in [0.05, 0.1) is 12.7 Å². The quantitative estimate of drug-likeness (QED) is 0.753. The molecule has 1 aliphatic rings. The second-order valence-electron chi connectivity index (χ2n) is 5.55. The molecule has 0 spiro atoms. The fourth-order valence-electron chi connectivity index (χ4n) is 2.72. The van der Waals surface area contributed by atoms with Crippen LogP contribution in [0.4, 0.5) is 0 Å². The van der Waals surface area contributed by atoms with Crippen molar-refractivity contribution in [2.24, 2.45) is 0 Å². The fourth-order valence-corrected chi connectivity index (χ4v) is 2.72. The molecule has 0 aromatic heterocycles. The summed E-state index contributed by atoms with van der Waals surface area (Å²) in [6, 6.07) is 9.31. The van der Waals surface area contributed by atoms with Crippen molar-refractivity contribution in [3.8, 4) is 0 Å². The molecule has 0 bridgehead atoms. The third-order valence-corrected chi connectivity index (χ3v) is 4.10. The molecule has 1 aromatic carbocycles. The Kier molecular flexibility index (Phi) is 5.87. The van der Waals surface area contributed by atoms with E-state index in [2.05, 4.69) is 43.4 Å². The Labute approximate surface area is 117 Å². The van der Waals surface area contributed by atoms with Gasteiger partial charge in [0, 0.05) is 12.6 Å². The van der Waals surface area contributed by atoms with Gasteiger partial charge in [-0.15, -0.1) is 0 Å². The lowest BCUT2D eigenvalue weighted by Gasteiger charge is -2.16. The van der Waals surface area contributed by atoms with Crippen molar-refractivity contribution >= 4 is 0 Å². The highest BCUT2D eigenvalue weighted by atomic mass is 16.5. The van der Waals surface area contributed by atoms with Crippen LogP contribution in [-0.4, -0.2) is 19.3 Å². The van der Waals surface area contributed by atoms with Crippen LogP contribution in [-0.2, 0) is 11.2 Å². The number of aryl methyl sites for hydroxylation is 1. The molecule has 1 aliphatic carbocycles. The van der Waals surface area contributed by atoms with E-state index in [1.54, 1.807) is 0 Å². The highest BCUT2D eigenvalue weighted by Crippen LogP contribution is 2.20. The Morgan fingerprint density at radius 1 is 1.21 bits per heavy atom. The molecule has 0 aliphatic heterocycles. The first-order chi connectivity index (χ1) is 9.29. The minimum atomic E-state index is 0.401. The van der Waals surface area contributed by atoms with E-state index in [-0.39, 0.29) is 0 Å². The minimum Gasteiger partial charge on any atom is -0.377 e. The monoisotopic (exact) mass is 261 g/mol. The Hall–Kier alpha value is -0.860. The summed E-state index contributed by atoms with van der Waals surface area (Å²) in [5, 5.41) is 3.54. The zero-order chi connectivity index (χ0) is 13.5. The Bertz CT molecular complexity index is 354. The normalized spacial score (nSPS) is 17.8. The molecule has 0 radical (unpaired) electrons. The third kappa shape index (κ3) is 4.63. The van der Waals surface area contributed by atoms with Crippen molar-refractivity contribution in [2.45, 2.75) is 58.1 Å². The lowest BCUT2D eigenvalue weighted by atomic mass is 10.1. The zero-order valence-electron chi connectivity index (χ0n) is 12.3. The molecule has 1 aromatic rings. The summed E-state index contributed by atoms with van der Waals surface area (Å²) in [5.41, 5.74) is 2.76. The molecule has 1 atom stereocenters. The van der Waals surface area contributed by atoms with Gasteiger partial charge in [0.15, 0.2) is 0 Å². The van der Waals surface area contributed by atoms with E-state index in [0.29, 0.717) is 12.1 Å². The van der Waals surface area contributed by atoms with E-state index < -0.39 is 0 Å². The fraction of sp³-hybridized carbons (Fsp3) is 0.647. The summed E-state index contributed by atoms with van der Waals surface area (Å²) in [5.74, 6) is 0. The maximum absolute atomic E-state index is 5.86. The molecular formula is C17H27NO. The smallest absolute Gasteiger partial charge is 0.0594 e. The van der Waals surface area contributed by atoms with Crippen molar-refractivity contribution in [3.05, 3.63) is 35.4 Å². The number of ether oxygens (including phenoxy) is 1. The number of nitrogens with one attached hydrogen (secondary N) is 1. The van der Waals surface area contributed by atoms with Crippen LogP contribution in [0.2, 0.25) is 0 Å². The van der Waals surface area contributed by atoms with Crippen molar-refractivity contribution in [2.75, 3.05) is 13.2 Å². The predicted octanol–water partition coefficient (Wildman–Crippen LogP) is 3.86. The average molecular weight is 261 g/mol. The zero-order valence-corrected chi connectivity index (χ0v) is 12.3. The molecule has 2 heteroatoms. The van der Waals surface area contributed by atoms with E-state index in [9.17, 15) is 0 Å². The van der Waals surface area contributed by atoms with Crippen LogP contribution >= 0.6 is 0 Å². The third-order valence-electron chi connectivity index (χ3n) is 4.10. The maximum Gasteiger partial charge on any atom is 0.0594 e. The van der Waals surface area contributed by atoms with Crippen molar-refractivity contribution in [1.82, 2.24) is 5.32 Å². The van der Waals surface area contributed by atoms with E-state index in [0.717, 1.165) is 19.6 Å². The summed E-state index contributed by atoms with van der Waals surface area (Å²) in [6.07, 6.45) is 6.84. The molecule has 0 saturated heterocycles. The highest BCUT2D eigenvalue weighted by molar-refractivity contribution is 5.24. The molecule has 1 N–H and O–H groups in total. The molecule has 2 nitrogen and oxygen atoms in total. The van der Waals surface area contributed by atoms with E-state index in [1.807, 2.05) is 0 Å². The van der Waals surface area contributed by atoms with Crippen LogP contribution in [0.25, 0.3) is 0 Å². The summed E-state index contributed by atoms with van der Waals surface area (Å²) in [7, 11) is 0. The number of benzene rings is 1. The van der Waals surface area contributed by atoms with Gasteiger partial charge >= 0.3 is 0 Å². The minimum absolute atomic E-state index is 0.401. The van der Waals surface area contributed by atoms with Gasteiger partial charge in [-0.2, -0.15) is 0 Å². The van der Waals surface area contributed by atoms with E-state index in [1.165, 1.54) is 36.8 Å². The van der Waals surface area contributed by atoms with E-state index in [4.69, 9.17) is 4.74 Å². The van der Waals surface area contributed by atoms with Gasteiger partial charge < -0.3 is 10.1 Å². The molecule has 1 fully saturated rings. The molecule has 0 heterocycles. The topological polar surface area (TPSA) is 21.3 Å². The van der Waals surface area contributed by atoms with Crippen LogP contribution in [0.5, 0.6) is 0 Å². The Balaban J connectivity index is 1.66. The molecule has 1 unspecified atom stereocenters. The summed E-state index contributed by atoms with van der Waals surface area (Å²) in [6.45, 7) is 6.18. The number of hydrogen-bond donors (Lipinski definition) is 1. The van der Waals surface area contributed by atoms with Gasteiger partial charge in [-0.1, -0.05) is 44.0 Å². The number of rotatable bonds is 7. The summed E-state index contributed by atoms with van der Waals surface area (Å²) in [4.78, 5) is 0. The van der Waals surface area contributed by atoms with Crippen LogP contribution in [0.3, 0.4) is 0 Å². The van der Waals surface area contributed by atoms with E-state index >= 15 is 0 Å². The summed E-state index contributed by atoms with van der Waals surface area (Å²) < 4.78 is 5.86. The first-order valence-corrected chi connectivity index (χ1v) is 7.73. The standard InChI is InChI=1S/C17H27NO/c1-3-15-8-10-16(11-9-15)14(2)18-12-13-19-17-6-4-5-7-17/h8-11,14,17-18H,3-7,12-13H2,1-2H3. The van der Waals surface area contributed by atoms with Gasteiger partial charge in [-0.3, -0.25) is 0 Å². The van der Waals surface area contributed by atoms with Crippen LogP contribution < -0.4 is 5.32 Å². The highest BCUT2D eigenvalue weighted by Gasteiger charge is 2.14. The predicted molar refractivity (Wildman–Crippen MR) is 80.4 cm³/mol. The lowest BCUT2D eigenvalue weighted by Crippen LogP contribution is -2.25. The largest absolute Gasteiger partial charge is 0.377 e. The summed E-state index contributed by atoms with van der Waals surface area (Å²) >= 11 is 0. The Morgan fingerprint density at radius 3 is 2.53 bits per heavy atom. The average Bonchev–Trinajstić information content (AvgIpc) is 2.96. The molecule has 106 valence electrons. The lowest BCUT2D eigenvalue weighted by molar-refractivity contribution is 0.0593.